The topological polar surface area (TPSA) is 16.1 Å². The number of hydrogen-bond acceptors (Lipinski definition) is 2. The van der Waals surface area contributed by atoms with Gasteiger partial charge in [0.15, 0.2) is 0 Å². The highest BCUT2D eigenvalue weighted by Gasteiger charge is 2.42. The molecular weight excluding hydrogens is 352 g/mol. The van der Waals surface area contributed by atoms with Gasteiger partial charge in [0, 0.05) is 13.2 Å². The maximum absolute atomic E-state index is 4.86. The molecule has 0 atom stereocenters. The Labute approximate surface area is 174 Å². The van der Waals surface area contributed by atoms with Crippen molar-refractivity contribution in [1.29, 1.82) is 0 Å². The molecule has 0 bridgehead atoms. The zero-order valence-corrected chi connectivity index (χ0v) is 17.5. The average molecular weight is 381 g/mol. The number of aromatic nitrogens is 1. The van der Waals surface area contributed by atoms with Gasteiger partial charge in [0.2, 0.25) is 0 Å². The molecule has 0 aliphatic heterocycles. The maximum atomic E-state index is 4.86. The van der Waals surface area contributed by atoms with Crippen molar-refractivity contribution in [2.45, 2.75) is 32.2 Å². The van der Waals surface area contributed by atoms with Crippen LogP contribution in [-0.2, 0) is 5.54 Å². The molecule has 4 rings (SSSR count). The van der Waals surface area contributed by atoms with Crippen molar-refractivity contribution < 1.29 is 0 Å². The molecule has 2 aromatic carbocycles. The molecule has 1 aliphatic carbocycles. The van der Waals surface area contributed by atoms with Crippen LogP contribution in [0.15, 0.2) is 96.7 Å². The summed E-state index contributed by atoms with van der Waals surface area (Å²) in [5.74, 6) is 1.00. The third-order valence-corrected chi connectivity index (χ3v) is 5.80. The number of rotatable bonds is 5. The van der Waals surface area contributed by atoms with Gasteiger partial charge in [-0.25, -0.2) is 4.98 Å². The summed E-state index contributed by atoms with van der Waals surface area (Å²) >= 11 is 0. The molecule has 2 heteroatoms. The van der Waals surface area contributed by atoms with E-state index in [2.05, 4.69) is 111 Å². The largest absolute Gasteiger partial charge is 0.342 e. The highest BCUT2D eigenvalue weighted by molar-refractivity contribution is 5.63. The van der Waals surface area contributed by atoms with Gasteiger partial charge >= 0.3 is 0 Å². The second kappa shape index (κ2) is 8.08. The van der Waals surface area contributed by atoms with E-state index in [-0.39, 0.29) is 0 Å². The van der Waals surface area contributed by atoms with Crippen LogP contribution in [0.3, 0.4) is 0 Å². The Morgan fingerprint density at radius 3 is 2.00 bits per heavy atom. The Bertz CT molecular complexity index is 993. The van der Waals surface area contributed by atoms with Crippen molar-refractivity contribution in [2.75, 3.05) is 11.9 Å². The summed E-state index contributed by atoms with van der Waals surface area (Å²) in [6, 6.07) is 23.8. The Kier molecular flexibility index (Phi) is 5.35. The fourth-order valence-electron chi connectivity index (χ4n) is 4.54. The van der Waals surface area contributed by atoms with E-state index in [0.29, 0.717) is 0 Å². The second-order valence-electron chi connectivity index (χ2n) is 7.79. The van der Waals surface area contributed by atoms with Crippen LogP contribution in [0.1, 0.15) is 35.1 Å². The molecule has 29 heavy (non-hydrogen) atoms. The van der Waals surface area contributed by atoms with Gasteiger partial charge in [0.1, 0.15) is 11.4 Å². The minimum Gasteiger partial charge on any atom is -0.342 e. The minimum absolute atomic E-state index is 0.452. The number of likely N-dealkylation sites (N-methyl/N-ethyl adjacent to an activating group) is 1. The third kappa shape index (κ3) is 3.40. The molecular formula is C27H28N2. The molecule has 1 aromatic heterocycles. The molecule has 0 radical (unpaired) electrons. The van der Waals surface area contributed by atoms with Gasteiger partial charge in [-0.15, -0.1) is 0 Å². The third-order valence-electron chi connectivity index (χ3n) is 5.80. The number of allylic oxidation sites excluding steroid dienone is 2. The van der Waals surface area contributed by atoms with Crippen molar-refractivity contribution in [1.82, 2.24) is 4.98 Å². The minimum atomic E-state index is -0.452. The van der Waals surface area contributed by atoms with E-state index in [4.69, 9.17) is 4.98 Å². The Morgan fingerprint density at radius 2 is 1.48 bits per heavy atom. The van der Waals surface area contributed by atoms with Gasteiger partial charge in [0.05, 0.1) is 0 Å². The molecule has 0 spiro atoms. The molecule has 1 heterocycles. The fraction of sp³-hybridized carbons (Fsp3) is 0.222. The lowest BCUT2D eigenvalue weighted by atomic mass is 9.73. The highest BCUT2D eigenvalue weighted by atomic mass is 15.2. The maximum Gasteiger partial charge on any atom is 0.132 e. The number of aryl methyl sites for hydroxylation is 2. The number of benzene rings is 2. The molecule has 0 saturated carbocycles. The predicted molar refractivity (Wildman–Crippen MR) is 122 cm³/mol. The van der Waals surface area contributed by atoms with Crippen LogP contribution in [0, 0.1) is 13.8 Å². The highest BCUT2D eigenvalue weighted by Crippen LogP contribution is 2.45. The summed E-state index contributed by atoms with van der Waals surface area (Å²) in [7, 11) is 2.17. The lowest BCUT2D eigenvalue weighted by Gasteiger charge is -2.46. The van der Waals surface area contributed by atoms with E-state index in [0.717, 1.165) is 18.7 Å². The van der Waals surface area contributed by atoms with Crippen LogP contribution in [0.25, 0.3) is 0 Å². The molecule has 0 unspecified atom stereocenters. The van der Waals surface area contributed by atoms with Gasteiger partial charge in [-0.05, 0) is 54.5 Å². The normalized spacial score (nSPS) is 13.8. The Morgan fingerprint density at radius 1 is 0.862 bits per heavy atom. The summed E-state index contributed by atoms with van der Waals surface area (Å²) in [5.41, 5.74) is 5.70. The molecule has 1 aliphatic rings. The van der Waals surface area contributed by atoms with Crippen LogP contribution < -0.4 is 4.90 Å². The summed E-state index contributed by atoms with van der Waals surface area (Å²) in [6.07, 6.45) is 11.1. The molecule has 0 saturated heterocycles. The first-order valence-corrected chi connectivity index (χ1v) is 10.3. The molecule has 0 amide bonds. The lowest BCUT2D eigenvalue weighted by Crippen LogP contribution is -2.47. The zero-order chi connectivity index (χ0) is 20.3. The van der Waals surface area contributed by atoms with E-state index in [1.165, 1.54) is 27.8 Å². The number of hydrogen-bond donors (Lipinski definition) is 0. The van der Waals surface area contributed by atoms with Crippen molar-refractivity contribution in [3.8, 4) is 0 Å². The van der Waals surface area contributed by atoms with Crippen LogP contribution in [0.4, 0.5) is 5.82 Å². The van der Waals surface area contributed by atoms with Gasteiger partial charge in [-0.1, -0.05) is 85.0 Å². The lowest BCUT2D eigenvalue weighted by molar-refractivity contribution is 0.587. The van der Waals surface area contributed by atoms with E-state index >= 15 is 0 Å². The standard InChI is InChI=1S/C27H28N2/c1-21-19-22(2)26(28-20-21)29(3)27(23-13-7-4-8-14-23,24-15-9-5-10-16-24)25-17-11-6-12-18-25/h4-5,7-11,13-20H,6,12H2,1-3H3. The average Bonchev–Trinajstić information content (AvgIpc) is 2.76. The van der Waals surface area contributed by atoms with E-state index in [1.54, 1.807) is 0 Å². The Hall–Kier alpha value is -3.13. The smallest absolute Gasteiger partial charge is 0.132 e. The van der Waals surface area contributed by atoms with Crippen LogP contribution >= 0.6 is 0 Å². The predicted octanol–water partition coefficient (Wildman–Crippen LogP) is 6.35. The summed E-state index contributed by atoms with van der Waals surface area (Å²) < 4.78 is 0. The van der Waals surface area contributed by atoms with Crippen LogP contribution in [0.5, 0.6) is 0 Å². The zero-order valence-electron chi connectivity index (χ0n) is 17.5. The van der Waals surface area contributed by atoms with E-state index in [9.17, 15) is 0 Å². The monoisotopic (exact) mass is 380 g/mol. The van der Waals surface area contributed by atoms with Crippen molar-refractivity contribution in [2.24, 2.45) is 0 Å². The van der Waals surface area contributed by atoms with E-state index in [1.807, 2.05) is 6.20 Å². The van der Waals surface area contributed by atoms with Gasteiger partial charge in [-0.3, -0.25) is 0 Å². The van der Waals surface area contributed by atoms with Gasteiger partial charge < -0.3 is 4.90 Å². The summed E-state index contributed by atoms with van der Waals surface area (Å²) in [5, 5.41) is 0. The van der Waals surface area contributed by atoms with Crippen LogP contribution in [-0.4, -0.2) is 12.0 Å². The van der Waals surface area contributed by atoms with E-state index < -0.39 is 5.54 Å². The molecule has 3 aromatic rings. The first kappa shape index (κ1) is 19.2. The number of pyridine rings is 1. The SMILES string of the molecule is Cc1cnc(N(C)C(C2=CCCC=C2)(c2ccccc2)c2ccccc2)c(C)c1. The first-order chi connectivity index (χ1) is 14.1. The van der Waals surface area contributed by atoms with Gasteiger partial charge in [-0.2, -0.15) is 0 Å². The number of nitrogens with zero attached hydrogens (tertiary/aromatic N) is 2. The fourth-order valence-corrected chi connectivity index (χ4v) is 4.54. The Balaban J connectivity index is 2.04. The quantitative estimate of drug-likeness (QED) is 0.512. The summed E-state index contributed by atoms with van der Waals surface area (Å²) in [4.78, 5) is 7.22. The second-order valence-corrected chi connectivity index (χ2v) is 7.79. The van der Waals surface area contributed by atoms with Crippen molar-refractivity contribution >= 4 is 5.82 Å². The number of anilines is 1. The molecule has 146 valence electrons. The van der Waals surface area contributed by atoms with Crippen molar-refractivity contribution in [3.05, 3.63) is 119 Å². The molecule has 0 N–H and O–H groups in total. The molecule has 2 nitrogen and oxygen atoms in total. The first-order valence-electron chi connectivity index (χ1n) is 10.3. The van der Waals surface area contributed by atoms with Gasteiger partial charge in [0.25, 0.3) is 0 Å². The molecule has 0 fully saturated rings. The van der Waals surface area contributed by atoms with Crippen molar-refractivity contribution in [3.63, 3.8) is 0 Å². The van der Waals surface area contributed by atoms with Crippen LogP contribution in [0.2, 0.25) is 0 Å². The summed E-state index contributed by atoms with van der Waals surface area (Å²) in [6.45, 7) is 4.25.